The van der Waals surface area contributed by atoms with E-state index in [0.717, 1.165) is 18.2 Å². The second kappa shape index (κ2) is 8.86. The van der Waals surface area contributed by atoms with Crippen LogP contribution in [0.25, 0.3) is 0 Å². The average molecular weight is 437 g/mol. The first kappa shape index (κ1) is 22.1. The fourth-order valence-corrected chi connectivity index (χ4v) is 3.48. The molecular weight excluding hydrogens is 422 g/mol. The van der Waals surface area contributed by atoms with Gasteiger partial charge in [0.1, 0.15) is 18.1 Å². The van der Waals surface area contributed by atoms with Crippen molar-refractivity contribution in [3.63, 3.8) is 0 Å². The van der Waals surface area contributed by atoms with Crippen LogP contribution < -0.4 is 10.0 Å². The number of alkyl halides is 3. The van der Waals surface area contributed by atoms with Gasteiger partial charge in [-0.05, 0) is 36.1 Å². The smallest absolute Gasteiger partial charge is 0.455 e. The van der Waals surface area contributed by atoms with Crippen LogP contribution in [0, 0.1) is 10.1 Å². The van der Waals surface area contributed by atoms with Crippen LogP contribution >= 0.6 is 19.6 Å². The summed E-state index contributed by atoms with van der Waals surface area (Å²) in [6, 6.07) is 4.97. The molecule has 0 spiro atoms. The Labute approximate surface area is 164 Å². The van der Waals surface area contributed by atoms with Crippen LogP contribution in [-0.2, 0) is 21.7 Å². The van der Waals surface area contributed by atoms with Crippen LogP contribution in [-0.4, -0.2) is 11.5 Å². The number of hydrogen-bond acceptors (Lipinski definition) is 5. The number of hydrogen-bond donors (Lipinski definition) is 0. The van der Waals surface area contributed by atoms with Crippen LogP contribution in [0.2, 0.25) is 5.02 Å². The Bertz CT molecular complexity index is 920. The highest BCUT2D eigenvalue weighted by molar-refractivity contribution is 7.48. The van der Waals surface area contributed by atoms with Crippen molar-refractivity contribution >= 4 is 30.6 Å². The third-order valence-electron chi connectivity index (χ3n) is 3.66. The van der Waals surface area contributed by atoms with Crippen molar-refractivity contribution in [3.05, 3.63) is 56.6 Å². The summed E-state index contributed by atoms with van der Waals surface area (Å²) in [5.74, 6) is 0.0172. The Morgan fingerprint density at radius 1 is 1.18 bits per heavy atom. The highest BCUT2D eigenvalue weighted by Gasteiger charge is 2.35. The predicted molar refractivity (Wildman–Crippen MR) is 97.9 cm³/mol. The lowest BCUT2D eigenvalue weighted by Gasteiger charge is -2.13. The van der Waals surface area contributed by atoms with E-state index in [1.54, 1.807) is 13.8 Å². The molecule has 28 heavy (non-hydrogen) atoms. The van der Waals surface area contributed by atoms with Gasteiger partial charge in [0.2, 0.25) is 0 Å². The van der Waals surface area contributed by atoms with Crippen LogP contribution in [0.4, 0.5) is 18.9 Å². The summed E-state index contributed by atoms with van der Waals surface area (Å²) in [5.41, 5.74) is -0.937. The second-order valence-electron chi connectivity index (χ2n) is 5.48. The van der Waals surface area contributed by atoms with E-state index < -0.39 is 30.4 Å². The molecule has 1 unspecified atom stereocenters. The largest absolute Gasteiger partial charge is 0.556 e. The predicted octanol–water partition coefficient (Wildman–Crippen LogP) is 6.03. The molecule has 0 aliphatic rings. The van der Waals surface area contributed by atoms with Gasteiger partial charge in [-0.2, -0.15) is 13.2 Å². The molecule has 0 aliphatic carbocycles. The van der Waals surface area contributed by atoms with Gasteiger partial charge in [-0.1, -0.05) is 18.5 Å². The minimum Gasteiger partial charge on any atom is -0.455 e. The van der Waals surface area contributed by atoms with Gasteiger partial charge in [-0.3, -0.25) is 10.1 Å². The third-order valence-corrected chi connectivity index (χ3v) is 5.20. The molecule has 2 rings (SSSR count). The molecule has 0 saturated heterocycles. The van der Waals surface area contributed by atoms with Crippen molar-refractivity contribution < 1.29 is 31.9 Å². The Kier molecular flexibility index (Phi) is 6.98. The lowest BCUT2D eigenvalue weighted by atomic mass is 10.1. The summed E-state index contributed by atoms with van der Waals surface area (Å²) in [6.45, 7) is 3.37. The number of benzene rings is 2. The van der Waals surface area contributed by atoms with Gasteiger partial charge in [-0.15, -0.1) is 4.52 Å². The number of rotatable bonds is 7. The van der Waals surface area contributed by atoms with Crippen molar-refractivity contribution in [1.82, 2.24) is 0 Å². The highest BCUT2D eigenvalue weighted by Crippen LogP contribution is 2.39. The fraction of sp³-hybridized carbons (Fsp3) is 0.294. The fourth-order valence-electron chi connectivity index (χ4n) is 2.33. The normalized spacial score (nSPS) is 12.0. The van der Waals surface area contributed by atoms with Crippen LogP contribution in [0.3, 0.4) is 0 Å². The van der Waals surface area contributed by atoms with Gasteiger partial charge in [0.05, 0.1) is 15.5 Å². The van der Waals surface area contributed by atoms with Gasteiger partial charge in [0.15, 0.2) is 0 Å². The minimum absolute atomic E-state index is 0.0722. The maximum absolute atomic E-state index is 12.8. The van der Waals surface area contributed by atoms with E-state index in [4.69, 9.17) is 20.9 Å². The van der Waals surface area contributed by atoms with Crippen molar-refractivity contribution in [1.29, 1.82) is 0 Å². The van der Waals surface area contributed by atoms with E-state index >= 15 is 0 Å². The molecule has 0 aliphatic heterocycles. The van der Waals surface area contributed by atoms with Gasteiger partial charge in [-0.25, -0.2) is 0 Å². The van der Waals surface area contributed by atoms with Crippen LogP contribution in [0.15, 0.2) is 30.3 Å². The molecule has 0 fully saturated rings. The van der Waals surface area contributed by atoms with Crippen molar-refractivity contribution in [2.75, 3.05) is 6.61 Å². The van der Waals surface area contributed by atoms with E-state index in [1.165, 1.54) is 12.1 Å². The molecule has 0 aromatic heterocycles. The number of nitrogens with zero attached hydrogens (tertiary/aromatic N) is 1. The lowest BCUT2D eigenvalue weighted by molar-refractivity contribution is -0.383. The van der Waals surface area contributed by atoms with Gasteiger partial charge in [0.25, 0.3) is 0 Å². The zero-order valence-corrected chi connectivity index (χ0v) is 16.4. The Morgan fingerprint density at radius 2 is 1.86 bits per heavy atom. The molecule has 0 saturated carbocycles. The molecule has 0 bridgehead atoms. The summed E-state index contributed by atoms with van der Waals surface area (Å²) in [4.78, 5) is 10.6. The maximum Gasteiger partial charge on any atom is 0.556 e. The highest BCUT2D eigenvalue weighted by atomic mass is 35.5. The summed E-state index contributed by atoms with van der Waals surface area (Å²) in [6.07, 6.45) is -4.24. The number of halogens is 4. The van der Waals surface area contributed by atoms with Crippen molar-refractivity contribution in [2.45, 2.75) is 26.4 Å². The molecule has 0 amide bonds. The van der Waals surface area contributed by atoms with Crippen LogP contribution in [0.1, 0.15) is 25.0 Å². The lowest BCUT2D eigenvalue weighted by Crippen LogP contribution is -2.09. The number of ether oxygens (including phenoxy) is 1. The number of nitro benzene ring substituents is 1. The van der Waals surface area contributed by atoms with E-state index in [-0.39, 0.29) is 28.4 Å². The zero-order valence-electron chi connectivity index (χ0n) is 14.7. The number of aryl methyl sites for hydroxylation is 1. The third kappa shape index (κ3) is 4.98. The summed E-state index contributed by atoms with van der Waals surface area (Å²) in [7, 11) is -2.52. The topological polar surface area (TPSA) is 78.7 Å². The maximum atomic E-state index is 12.8. The molecule has 0 heterocycles. The van der Waals surface area contributed by atoms with Gasteiger partial charge >= 0.3 is 25.2 Å². The first-order chi connectivity index (χ1) is 13.1. The quantitative estimate of drug-likeness (QED) is 0.301. The molecule has 0 radical (unpaired) electrons. The average Bonchev–Trinajstić information content (AvgIpc) is 2.62. The van der Waals surface area contributed by atoms with E-state index in [9.17, 15) is 27.9 Å². The molecule has 2 aromatic rings. The Balaban J connectivity index is 2.51. The first-order valence-corrected chi connectivity index (χ1v) is 9.60. The Hall–Kier alpha value is -2.22. The SMILES string of the molecule is CCO[P+](=O)c1cc(Oc2ccc(C(F)(F)F)cc2Cl)c(CC)cc1[N+](=O)[O-]. The van der Waals surface area contributed by atoms with Gasteiger partial charge in [0, 0.05) is 17.7 Å². The van der Waals surface area contributed by atoms with E-state index in [2.05, 4.69) is 0 Å². The summed E-state index contributed by atoms with van der Waals surface area (Å²) < 4.78 is 61.1. The minimum atomic E-state index is -4.56. The summed E-state index contributed by atoms with van der Waals surface area (Å²) >= 11 is 5.90. The summed E-state index contributed by atoms with van der Waals surface area (Å²) in [5, 5.41) is 10.8. The molecule has 11 heteroatoms. The number of nitro groups is 1. The Morgan fingerprint density at radius 3 is 2.36 bits per heavy atom. The molecular formula is C17H15ClF3NO5P+. The van der Waals surface area contributed by atoms with Crippen LogP contribution in [0.5, 0.6) is 11.5 Å². The zero-order chi connectivity index (χ0) is 21.1. The first-order valence-electron chi connectivity index (χ1n) is 8.04. The second-order valence-corrected chi connectivity index (χ2v) is 7.14. The van der Waals surface area contributed by atoms with E-state index in [1.807, 2.05) is 0 Å². The van der Waals surface area contributed by atoms with Crippen molar-refractivity contribution in [2.24, 2.45) is 0 Å². The standard InChI is InChI=1S/C17H15ClF3NO5P/c1-3-10-7-13(22(23)24)16(28(25)26-4-2)9-15(10)27-14-6-5-11(8-12(14)18)17(19,20)21/h5-9H,3-4H2,1-2H3/q+1. The molecule has 0 N–H and O–H groups in total. The van der Waals surface area contributed by atoms with Crippen molar-refractivity contribution in [3.8, 4) is 11.5 Å². The van der Waals surface area contributed by atoms with Gasteiger partial charge < -0.3 is 4.74 Å². The van der Waals surface area contributed by atoms with E-state index in [0.29, 0.717) is 12.0 Å². The molecule has 150 valence electrons. The molecule has 2 aromatic carbocycles. The molecule has 1 atom stereocenters. The monoisotopic (exact) mass is 436 g/mol. The molecule has 6 nitrogen and oxygen atoms in total.